The second kappa shape index (κ2) is 3.40. The minimum absolute atomic E-state index is 0.415. The third kappa shape index (κ3) is 1.41. The number of hydrogen-bond acceptors (Lipinski definition) is 3. The third-order valence-corrected chi connectivity index (χ3v) is 3.85. The maximum absolute atomic E-state index is 5.83. The van der Waals surface area contributed by atoms with Crippen molar-refractivity contribution in [2.75, 3.05) is 5.73 Å². The largest absolute Gasteiger partial charge is 0.398 e. The highest BCUT2D eigenvalue weighted by molar-refractivity contribution is 7.80. The summed E-state index contributed by atoms with van der Waals surface area (Å²) >= 11 is 11.9. The average molecular weight is 230 g/mol. The third-order valence-electron chi connectivity index (χ3n) is 1.99. The van der Waals surface area contributed by atoms with E-state index in [0.29, 0.717) is 5.88 Å². The van der Waals surface area contributed by atoms with E-state index in [1.54, 1.807) is 11.3 Å². The van der Waals surface area contributed by atoms with Gasteiger partial charge in [0.1, 0.15) is 0 Å². The van der Waals surface area contributed by atoms with E-state index in [-0.39, 0.29) is 0 Å². The molecule has 0 aliphatic carbocycles. The summed E-state index contributed by atoms with van der Waals surface area (Å²) in [4.78, 5) is 0.917. The van der Waals surface area contributed by atoms with Gasteiger partial charge in [0, 0.05) is 20.8 Å². The van der Waals surface area contributed by atoms with Crippen molar-refractivity contribution in [1.29, 1.82) is 0 Å². The Kier molecular flexibility index (Phi) is 2.41. The van der Waals surface area contributed by atoms with E-state index in [4.69, 9.17) is 17.3 Å². The van der Waals surface area contributed by atoms with Crippen LogP contribution in [0.3, 0.4) is 0 Å². The minimum Gasteiger partial charge on any atom is -0.398 e. The summed E-state index contributed by atoms with van der Waals surface area (Å²) in [5, 5.41) is 3.17. The molecule has 0 saturated carbocycles. The van der Waals surface area contributed by atoms with Gasteiger partial charge in [0.25, 0.3) is 0 Å². The molecule has 0 unspecified atom stereocenters. The summed E-state index contributed by atoms with van der Waals surface area (Å²) in [5.41, 5.74) is 7.49. The van der Waals surface area contributed by atoms with Crippen LogP contribution < -0.4 is 5.73 Å². The van der Waals surface area contributed by atoms with Crippen LogP contribution in [0, 0.1) is 0 Å². The van der Waals surface area contributed by atoms with Crippen LogP contribution in [0.25, 0.3) is 10.1 Å². The van der Waals surface area contributed by atoms with E-state index in [9.17, 15) is 0 Å². The first-order chi connectivity index (χ1) is 6.24. The minimum atomic E-state index is 0.415. The van der Waals surface area contributed by atoms with Crippen molar-refractivity contribution in [3.8, 4) is 0 Å². The number of rotatable bonds is 1. The Morgan fingerprint density at radius 3 is 3.00 bits per heavy atom. The zero-order valence-electron chi connectivity index (χ0n) is 6.75. The Morgan fingerprint density at radius 2 is 2.31 bits per heavy atom. The van der Waals surface area contributed by atoms with Gasteiger partial charge in [-0.1, -0.05) is 0 Å². The molecule has 0 saturated heterocycles. The first-order valence-corrected chi connectivity index (χ1v) is 5.63. The van der Waals surface area contributed by atoms with Gasteiger partial charge < -0.3 is 5.73 Å². The van der Waals surface area contributed by atoms with E-state index >= 15 is 0 Å². The quantitative estimate of drug-likeness (QED) is 0.437. The fraction of sp³-hybridized carbons (Fsp3) is 0.111. The molecule has 0 spiro atoms. The van der Waals surface area contributed by atoms with Crippen LogP contribution in [0.15, 0.2) is 22.4 Å². The number of nitrogens with two attached hydrogens (primary N) is 1. The number of benzene rings is 1. The van der Waals surface area contributed by atoms with Gasteiger partial charge in [-0.05, 0) is 22.9 Å². The van der Waals surface area contributed by atoms with Crippen molar-refractivity contribution in [3.63, 3.8) is 0 Å². The molecule has 2 aromatic rings. The Morgan fingerprint density at radius 1 is 1.54 bits per heavy atom. The molecule has 0 aliphatic rings. The van der Waals surface area contributed by atoms with Crippen LogP contribution in [-0.4, -0.2) is 0 Å². The molecule has 0 aliphatic heterocycles. The summed E-state index contributed by atoms with van der Waals surface area (Å²) in [5.74, 6) is 0.415. The first kappa shape index (κ1) is 9.19. The number of nitrogen functional groups attached to an aromatic ring is 1. The smallest absolute Gasteiger partial charge is 0.0506 e. The molecule has 1 aromatic heterocycles. The van der Waals surface area contributed by atoms with Gasteiger partial charge in [-0.15, -0.1) is 35.6 Å². The molecule has 13 heavy (non-hydrogen) atoms. The standard InChI is InChI=1S/C9H8ClNS2/c10-4-6-7(11)3-5-1-2-13-9(5)8(6)12/h1-3,12H,4,11H2. The molecule has 0 amide bonds. The van der Waals surface area contributed by atoms with Crippen molar-refractivity contribution in [2.24, 2.45) is 0 Å². The fourth-order valence-electron chi connectivity index (χ4n) is 1.29. The predicted octanol–water partition coefficient (Wildman–Crippen LogP) is 3.51. The summed E-state index contributed by atoms with van der Waals surface area (Å²) in [6.07, 6.45) is 0. The molecule has 0 atom stereocenters. The lowest BCUT2D eigenvalue weighted by atomic mass is 10.1. The molecule has 1 aromatic carbocycles. The van der Waals surface area contributed by atoms with Crippen LogP contribution in [-0.2, 0) is 5.88 Å². The molecular weight excluding hydrogens is 222 g/mol. The van der Waals surface area contributed by atoms with Crippen molar-refractivity contribution in [2.45, 2.75) is 10.8 Å². The van der Waals surface area contributed by atoms with Crippen LogP contribution in [0.4, 0.5) is 5.69 Å². The molecule has 2 rings (SSSR count). The van der Waals surface area contributed by atoms with Crippen molar-refractivity contribution >= 4 is 51.3 Å². The SMILES string of the molecule is Nc1cc2ccsc2c(S)c1CCl. The summed E-state index contributed by atoms with van der Waals surface area (Å²) < 4.78 is 1.16. The van der Waals surface area contributed by atoms with Crippen molar-refractivity contribution in [3.05, 3.63) is 23.1 Å². The van der Waals surface area contributed by atoms with E-state index in [0.717, 1.165) is 26.2 Å². The number of hydrogen-bond donors (Lipinski definition) is 2. The van der Waals surface area contributed by atoms with Crippen molar-refractivity contribution < 1.29 is 0 Å². The Labute approximate surface area is 90.9 Å². The van der Waals surface area contributed by atoms with Crippen LogP contribution in [0.2, 0.25) is 0 Å². The topological polar surface area (TPSA) is 26.0 Å². The molecule has 1 heterocycles. The number of fused-ring (bicyclic) bond motifs is 1. The van der Waals surface area contributed by atoms with Crippen molar-refractivity contribution in [1.82, 2.24) is 0 Å². The maximum Gasteiger partial charge on any atom is 0.0506 e. The van der Waals surface area contributed by atoms with E-state index in [1.165, 1.54) is 0 Å². The monoisotopic (exact) mass is 229 g/mol. The zero-order chi connectivity index (χ0) is 9.42. The first-order valence-electron chi connectivity index (χ1n) is 3.77. The highest BCUT2D eigenvalue weighted by atomic mass is 35.5. The van der Waals surface area contributed by atoms with E-state index < -0.39 is 0 Å². The maximum atomic E-state index is 5.83. The van der Waals surface area contributed by atoms with Gasteiger partial charge >= 0.3 is 0 Å². The summed E-state index contributed by atoms with van der Waals surface area (Å²) in [6.45, 7) is 0. The van der Waals surface area contributed by atoms with Gasteiger partial charge in [-0.3, -0.25) is 0 Å². The lowest BCUT2D eigenvalue weighted by Crippen LogP contribution is -1.92. The molecule has 0 radical (unpaired) electrons. The van der Waals surface area contributed by atoms with Gasteiger partial charge in [0.15, 0.2) is 0 Å². The Balaban J connectivity index is 2.85. The number of halogens is 1. The summed E-state index contributed by atoms with van der Waals surface area (Å²) in [7, 11) is 0. The summed E-state index contributed by atoms with van der Waals surface area (Å²) in [6, 6.07) is 3.98. The highest BCUT2D eigenvalue weighted by Gasteiger charge is 2.08. The van der Waals surface area contributed by atoms with Gasteiger partial charge in [-0.2, -0.15) is 0 Å². The lowest BCUT2D eigenvalue weighted by Gasteiger charge is -2.06. The molecule has 1 nitrogen and oxygen atoms in total. The Hall–Kier alpha value is -0.380. The van der Waals surface area contributed by atoms with Gasteiger partial charge in [0.2, 0.25) is 0 Å². The number of thiol groups is 1. The van der Waals surface area contributed by atoms with Crippen LogP contribution >= 0.6 is 35.6 Å². The average Bonchev–Trinajstić information content (AvgIpc) is 2.53. The van der Waals surface area contributed by atoms with Gasteiger partial charge in [0.05, 0.1) is 5.88 Å². The molecule has 0 fully saturated rings. The number of anilines is 1. The predicted molar refractivity (Wildman–Crippen MR) is 63.0 cm³/mol. The van der Waals surface area contributed by atoms with Crippen LogP contribution in [0.1, 0.15) is 5.56 Å². The number of thiophene rings is 1. The zero-order valence-corrected chi connectivity index (χ0v) is 9.22. The fourth-order valence-corrected chi connectivity index (χ4v) is 3.02. The lowest BCUT2D eigenvalue weighted by molar-refractivity contribution is 1.32. The molecule has 2 N–H and O–H groups in total. The Bertz CT molecular complexity index is 450. The molecule has 4 heteroatoms. The molecular formula is C9H8ClNS2. The normalized spacial score (nSPS) is 10.9. The van der Waals surface area contributed by atoms with Gasteiger partial charge in [-0.25, -0.2) is 0 Å². The molecule has 0 bridgehead atoms. The number of alkyl halides is 1. The molecule has 68 valence electrons. The second-order valence-electron chi connectivity index (χ2n) is 2.77. The van der Waals surface area contributed by atoms with E-state index in [2.05, 4.69) is 12.6 Å². The van der Waals surface area contributed by atoms with Crippen LogP contribution in [0.5, 0.6) is 0 Å². The second-order valence-corrected chi connectivity index (χ2v) is 4.40. The highest BCUT2D eigenvalue weighted by Crippen LogP contribution is 2.34. The van der Waals surface area contributed by atoms with E-state index in [1.807, 2.05) is 17.5 Å².